The highest BCUT2D eigenvalue weighted by Gasteiger charge is 2.24. The number of rotatable bonds is 5. The molecular formula is C25H24BrN3O2S. The molecular weight excluding hydrogens is 486 g/mol. The summed E-state index contributed by atoms with van der Waals surface area (Å²) in [7, 11) is 0. The molecule has 1 aliphatic heterocycles. The summed E-state index contributed by atoms with van der Waals surface area (Å²) in [5, 5.41) is 3.43. The van der Waals surface area contributed by atoms with Crippen molar-refractivity contribution in [2.24, 2.45) is 4.99 Å². The van der Waals surface area contributed by atoms with Crippen LogP contribution in [-0.2, 0) is 4.79 Å². The lowest BCUT2D eigenvalue weighted by molar-refractivity contribution is -0.115. The van der Waals surface area contributed by atoms with Crippen LogP contribution in [0, 0.1) is 20.8 Å². The third kappa shape index (κ3) is 4.69. The molecule has 1 N–H and O–H groups in total. The minimum atomic E-state index is -0.135. The second kappa shape index (κ2) is 9.38. The number of amides is 1. The Hall–Kier alpha value is -2.77. The number of nitrogens with one attached hydrogen (secondary N) is 1. The molecule has 0 bridgehead atoms. The zero-order chi connectivity index (χ0) is 22.8. The lowest BCUT2D eigenvalue weighted by Crippen LogP contribution is -2.19. The van der Waals surface area contributed by atoms with Crippen molar-refractivity contribution in [1.29, 1.82) is 0 Å². The van der Waals surface area contributed by atoms with Gasteiger partial charge in [-0.25, -0.2) is 4.99 Å². The first kappa shape index (κ1) is 22.4. The number of carbonyl (C=O) groups is 1. The standard InChI is InChI=1S/C25H24BrN3O2S/c1-5-31-21-9-6-19(7-10-21)27-25-28-24(30)23(32-25)14-18-13-16(3)29(17(18)4)20-8-11-22(26)15(2)12-20/h6-14H,5H2,1-4H3,(H,27,28,30)/b23-14+. The normalized spacial score (nSPS) is 16.1. The predicted molar refractivity (Wildman–Crippen MR) is 136 cm³/mol. The highest BCUT2D eigenvalue weighted by molar-refractivity contribution is 9.10. The molecule has 32 heavy (non-hydrogen) atoms. The van der Waals surface area contributed by atoms with Crippen molar-refractivity contribution in [2.45, 2.75) is 27.7 Å². The topological polar surface area (TPSA) is 55.6 Å². The maximum atomic E-state index is 12.6. The molecule has 0 saturated carbocycles. The average molecular weight is 510 g/mol. The van der Waals surface area contributed by atoms with E-state index in [9.17, 15) is 4.79 Å². The molecule has 0 unspecified atom stereocenters. The second-order valence-corrected chi connectivity index (χ2v) is 9.39. The minimum Gasteiger partial charge on any atom is -0.494 e. The number of hydrogen-bond donors (Lipinski definition) is 1. The molecule has 1 amide bonds. The first-order valence-corrected chi connectivity index (χ1v) is 11.9. The number of halogens is 1. The van der Waals surface area contributed by atoms with Gasteiger partial charge in [0.25, 0.3) is 5.91 Å². The van der Waals surface area contributed by atoms with Crippen LogP contribution in [0.1, 0.15) is 29.4 Å². The lowest BCUT2D eigenvalue weighted by Gasteiger charge is -2.11. The molecule has 2 heterocycles. The van der Waals surface area contributed by atoms with Crippen molar-refractivity contribution in [3.05, 3.63) is 80.4 Å². The Morgan fingerprint density at radius 3 is 2.56 bits per heavy atom. The number of nitrogens with zero attached hydrogens (tertiary/aromatic N) is 2. The molecule has 1 aliphatic rings. The number of aryl methyl sites for hydroxylation is 2. The number of aromatic nitrogens is 1. The third-order valence-electron chi connectivity index (χ3n) is 5.19. The molecule has 0 atom stereocenters. The van der Waals surface area contributed by atoms with Crippen molar-refractivity contribution in [2.75, 3.05) is 6.61 Å². The van der Waals surface area contributed by atoms with Gasteiger partial charge in [-0.1, -0.05) is 15.9 Å². The monoisotopic (exact) mass is 509 g/mol. The van der Waals surface area contributed by atoms with Crippen LogP contribution in [0.5, 0.6) is 5.75 Å². The van der Waals surface area contributed by atoms with E-state index in [1.165, 1.54) is 17.3 Å². The van der Waals surface area contributed by atoms with Crippen LogP contribution >= 0.6 is 27.7 Å². The summed E-state index contributed by atoms with van der Waals surface area (Å²) in [5.41, 5.74) is 6.26. The summed E-state index contributed by atoms with van der Waals surface area (Å²) in [4.78, 5) is 17.7. The minimum absolute atomic E-state index is 0.135. The van der Waals surface area contributed by atoms with Crippen LogP contribution in [0.25, 0.3) is 11.8 Å². The summed E-state index contributed by atoms with van der Waals surface area (Å²) in [5.74, 6) is 0.667. The first-order valence-electron chi connectivity index (χ1n) is 10.3. The van der Waals surface area contributed by atoms with Gasteiger partial charge in [0.1, 0.15) is 5.75 Å². The van der Waals surface area contributed by atoms with Gasteiger partial charge < -0.3 is 14.6 Å². The fourth-order valence-corrected chi connectivity index (χ4v) is 4.70. The number of amidine groups is 1. The number of hydrogen-bond acceptors (Lipinski definition) is 4. The molecule has 3 aromatic rings. The van der Waals surface area contributed by atoms with Gasteiger partial charge in [0.2, 0.25) is 0 Å². The summed E-state index contributed by atoms with van der Waals surface area (Å²) in [6, 6.07) is 15.9. The van der Waals surface area contributed by atoms with E-state index in [-0.39, 0.29) is 5.91 Å². The van der Waals surface area contributed by atoms with Crippen LogP contribution in [-0.4, -0.2) is 22.2 Å². The van der Waals surface area contributed by atoms with Gasteiger partial charge >= 0.3 is 0 Å². The van der Waals surface area contributed by atoms with Crippen LogP contribution in [0.15, 0.2) is 62.9 Å². The fourth-order valence-electron chi connectivity index (χ4n) is 3.62. The number of carbonyl (C=O) groups excluding carboxylic acids is 1. The quantitative estimate of drug-likeness (QED) is 0.401. The number of ether oxygens (including phenoxy) is 1. The molecule has 2 aromatic carbocycles. The average Bonchev–Trinajstić information content (AvgIpc) is 3.24. The van der Waals surface area contributed by atoms with Gasteiger partial charge in [-0.05, 0) is 105 Å². The SMILES string of the molecule is CCOc1ccc(N=C2NC(=O)/C(=C\c3cc(C)n(-c4ccc(Br)c(C)c4)c3C)S2)cc1. The van der Waals surface area contributed by atoms with E-state index in [1.807, 2.05) is 37.3 Å². The summed E-state index contributed by atoms with van der Waals surface area (Å²) in [6.45, 7) is 8.80. The molecule has 1 fully saturated rings. The van der Waals surface area contributed by atoms with Crippen molar-refractivity contribution < 1.29 is 9.53 Å². The Bertz CT molecular complexity index is 1240. The summed E-state index contributed by atoms with van der Waals surface area (Å²) >= 11 is 4.92. The Morgan fingerprint density at radius 2 is 1.88 bits per heavy atom. The van der Waals surface area contributed by atoms with E-state index in [0.717, 1.165) is 38.5 Å². The maximum Gasteiger partial charge on any atom is 0.264 e. The number of aliphatic imine (C=N–C) groups is 1. The molecule has 4 rings (SSSR count). The Balaban J connectivity index is 1.59. The highest BCUT2D eigenvalue weighted by atomic mass is 79.9. The van der Waals surface area contributed by atoms with Gasteiger partial charge in [-0.3, -0.25) is 4.79 Å². The largest absolute Gasteiger partial charge is 0.494 e. The molecule has 0 radical (unpaired) electrons. The molecule has 0 spiro atoms. The highest BCUT2D eigenvalue weighted by Crippen LogP contribution is 2.31. The fraction of sp³-hybridized carbons (Fsp3) is 0.200. The number of benzene rings is 2. The van der Waals surface area contributed by atoms with Gasteiger partial charge in [-0.2, -0.15) is 0 Å². The molecule has 1 aromatic heterocycles. The Kier molecular flexibility index (Phi) is 6.58. The van der Waals surface area contributed by atoms with E-state index in [0.29, 0.717) is 16.7 Å². The van der Waals surface area contributed by atoms with Crippen LogP contribution in [0.2, 0.25) is 0 Å². The lowest BCUT2D eigenvalue weighted by atomic mass is 10.2. The van der Waals surface area contributed by atoms with Crippen LogP contribution in [0.4, 0.5) is 5.69 Å². The molecule has 164 valence electrons. The molecule has 5 nitrogen and oxygen atoms in total. The first-order chi connectivity index (χ1) is 15.4. The van der Waals surface area contributed by atoms with E-state index in [1.54, 1.807) is 0 Å². The van der Waals surface area contributed by atoms with Crippen molar-refractivity contribution in [1.82, 2.24) is 9.88 Å². The molecule has 7 heteroatoms. The maximum absolute atomic E-state index is 12.6. The van der Waals surface area contributed by atoms with Crippen molar-refractivity contribution in [3.8, 4) is 11.4 Å². The Morgan fingerprint density at radius 1 is 1.12 bits per heavy atom. The summed E-state index contributed by atoms with van der Waals surface area (Å²) < 4.78 is 8.76. The predicted octanol–water partition coefficient (Wildman–Crippen LogP) is 6.46. The van der Waals surface area contributed by atoms with Crippen molar-refractivity contribution >= 4 is 50.5 Å². The van der Waals surface area contributed by atoms with Crippen molar-refractivity contribution in [3.63, 3.8) is 0 Å². The third-order valence-corrected chi connectivity index (χ3v) is 6.99. The Labute approximate surface area is 200 Å². The number of thioether (sulfide) groups is 1. The van der Waals surface area contributed by atoms with E-state index in [2.05, 4.69) is 75.8 Å². The van der Waals surface area contributed by atoms with Crippen LogP contribution < -0.4 is 10.1 Å². The van der Waals surface area contributed by atoms with Gasteiger partial charge in [0, 0.05) is 21.5 Å². The zero-order valence-electron chi connectivity index (χ0n) is 18.4. The second-order valence-electron chi connectivity index (χ2n) is 7.50. The van der Waals surface area contributed by atoms with Gasteiger partial charge in [0.15, 0.2) is 5.17 Å². The van der Waals surface area contributed by atoms with E-state index >= 15 is 0 Å². The molecule has 0 aliphatic carbocycles. The van der Waals surface area contributed by atoms with Crippen LogP contribution in [0.3, 0.4) is 0 Å². The van der Waals surface area contributed by atoms with Gasteiger partial charge in [-0.15, -0.1) is 0 Å². The zero-order valence-corrected chi connectivity index (χ0v) is 20.8. The smallest absolute Gasteiger partial charge is 0.264 e. The molecule has 1 saturated heterocycles. The van der Waals surface area contributed by atoms with E-state index < -0.39 is 0 Å². The van der Waals surface area contributed by atoms with Gasteiger partial charge in [0.05, 0.1) is 17.2 Å². The summed E-state index contributed by atoms with van der Waals surface area (Å²) in [6.07, 6.45) is 1.94. The van der Waals surface area contributed by atoms with E-state index in [4.69, 9.17) is 4.74 Å².